The lowest BCUT2D eigenvalue weighted by Crippen LogP contribution is -2.34. The number of para-hydroxylation sites is 1. The van der Waals surface area contributed by atoms with E-state index in [9.17, 15) is 4.79 Å². The predicted molar refractivity (Wildman–Crippen MR) is 105 cm³/mol. The first-order chi connectivity index (χ1) is 12.6. The molecule has 138 valence electrons. The largest absolute Gasteiger partial charge is 0.494 e. The second kappa shape index (κ2) is 10.4. The summed E-state index contributed by atoms with van der Waals surface area (Å²) in [6.45, 7) is 3.28. The molecule has 0 heterocycles. The molecule has 26 heavy (non-hydrogen) atoms. The van der Waals surface area contributed by atoms with E-state index < -0.39 is 0 Å². The molecule has 0 aromatic heterocycles. The van der Waals surface area contributed by atoms with Crippen LogP contribution in [-0.4, -0.2) is 38.0 Å². The first kappa shape index (κ1) is 19.7. The highest BCUT2D eigenvalue weighted by Crippen LogP contribution is 2.19. The Bertz CT molecular complexity index is 752. The monoisotopic (exact) mass is 374 g/mol. The Balaban J connectivity index is 1.99. The van der Waals surface area contributed by atoms with Crippen LogP contribution in [0, 0.1) is 0 Å². The Morgan fingerprint density at radius 1 is 1.08 bits per heavy atom. The average Bonchev–Trinajstić information content (AvgIpc) is 2.63. The van der Waals surface area contributed by atoms with Crippen LogP contribution in [0.3, 0.4) is 0 Å². The highest BCUT2D eigenvalue weighted by molar-refractivity contribution is 7.80. The fourth-order valence-corrected chi connectivity index (χ4v) is 2.39. The van der Waals surface area contributed by atoms with Gasteiger partial charge >= 0.3 is 0 Å². The van der Waals surface area contributed by atoms with Crippen molar-refractivity contribution in [2.24, 2.45) is 0 Å². The quantitative estimate of drug-likeness (QED) is 0.546. The zero-order valence-electron chi connectivity index (χ0n) is 14.8. The van der Waals surface area contributed by atoms with E-state index in [1.807, 2.05) is 31.2 Å². The first-order valence-electron chi connectivity index (χ1n) is 8.20. The third-order valence-electron chi connectivity index (χ3n) is 3.31. The number of methoxy groups -OCH3 is 1. The fourth-order valence-electron chi connectivity index (χ4n) is 2.18. The molecular formula is C19H22N2O4S. The van der Waals surface area contributed by atoms with E-state index in [1.165, 1.54) is 0 Å². The number of rotatable bonds is 8. The van der Waals surface area contributed by atoms with Crippen molar-refractivity contribution in [1.82, 2.24) is 5.32 Å². The third-order valence-corrected chi connectivity index (χ3v) is 3.51. The molecule has 0 aliphatic heterocycles. The lowest BCUT2D eigenvalue weighted by atomic mass is 10.2. The summed E-state index contributed by atoms with van der Waals surface area (Å²) in [5.74, 6) is 0.850. The maximum absolute atomic E-state index is 12.5. The Morgan fingerprint density at radius 2 is 1.88 bits per heavy atom. The van der Waals surface area contributed by atoms with Crippen LogP contribution in [0.25, 0.3) is 0 Å². The van der Waals surface area contributed by atoms with Crippen LogP contribution in [0.1, 0.15) is 17.3 Å². The molecule has 0 radical (unpaired) electrons. The van der Waals surface area contributed by atoms with Crippen LogP contribution in [0.4, 0.5) is 5.69 Å². The maximum Gasteiger partial charge on any atom is 0.261 e. The number of nitrogens with one attached hydrogen (secondary N) is 2. The first-order valence-corrected chi connectivity index (χ1v) is 8.60. The molecule has 7 heteroatoms. The number of hydrogen-bond donors (Lipinski definition) is 2. The zero-order chi connectivity index (χ0) is 18.8. The van der Waals surface area contributed by atoms with Crippen molar-refractivity contribution in [3.63, 3.8) is 0 Å². The van der Waals surface area contributed by atoms with Gasteiger partial charge in [0.2, 0.25) is 0 Å². The second-order valence-electron chi connectivity index (χ2n) is 5.21. The summed E-state index contributed by atoms with van der Waals surface area (Å²) in [6, 6.07) is 14.3. The van der Waals surface area contributed by atoms with Gasteiger partial charge in [0.15, 0.2) is 5.11 Å². The van der Waals surface area contributed by atoms with Gasteiger partial charge < -0.3 is 19.5 Å². The van der Waals surface area contributed by atoms with Crippen molar-refractivity contribution in [2.75, 3.05) is 32.2 Å². The smallest absolute Gasteiger partial charge is 0.261 e. The molecule has 0 saturated carbocycles. The standard InChI is InChI=1S/C19H22N2O4S/c1-3-24-15-8-6-7-14(13-15)20-19(26)21-18(22)16-9-4-5-10-17(16)25-12-11-23-2/h4-10,13H,3,11-12H2,1-2H3,(H2,20,21,22,26). The molecule has 0 unspecified atom stereocenters. The van der Waals surface area contributed by atoms with E-state index in [2.05, 4.69) is 10.6 Å². The number of carbonyl (C=O) groups excluding carboxylic acids is 1. The van der Waals surface area contributed by atoms with Crippen LogP contribution >= 0.6 is 12.2 Å². The minimum atomic E-state index is -0.350. The molecule has 0 saturated heterocycles. The number of thiocarbonyl (C=S) groups is 1. The van der Waals surface area contributed by atoms with E-state index in [4.69, 9.17) is 26.4 Å². The van der Waals surface area contributed by atoms with Crippen LogP contribution in [0.5, 0.6) is 11.5 Å². The summed E-state index contributed by atoms with van der Waals surface area (Å²) in [4.78, 5) is 12.5. The van der Waals surface area contributed by atoms with Crippen molar-refractivity contribution in [3.05, 3.63) is 54.1 Å². The minimum Gasteiger partial charge on any atom is -0.494 e. The van der Waals surface area contributed by atoms with Gasteiger partial charge in [0.05, 0.1) is 18.8 Å². The van der Waals surface area contributed by atoms with Gasteiger partial charge in [0.25, 0.3) is 5.91 Å². The van der Waals surface area contributed by atoms with Crippen molar-refractivity contribution in [3.8, 4) is 11.5 Å². The van der Waals surface area contributed by atoms with Crippen LogP contribution in [0.15, 0.2) is 48.5 Å². The van der Waals surface area contributed by atoms with Gasteiger partial charge in [-0.15, -0.1) is 0 Å². The van der Waals surface area contributed by atoms with Gasteiger partial charge in [0.1, 0.15) is 18.1 Å². The molecule has 0 atom stereocenters. The maximum atomic E-state index is 12.5. The van der Waals surface area contributed by atoms with E-state index >= 15 is 0 Å². The summed E-state index contributed by atoms with van der Waals surface area (Å²) in [5, 5.41) is 5.82. The van der Waals surface area contributed by atoms with E-state index in [-0.39, 0.29) is 11.0 Å². The molecule has 2 aromatic rings. The molecule has 6 nitrogen and oxygen atoms in total. The van der Waals surface area contributed by atoms with Crippen LogP contribution < -0.4 is 20.1 Å². The Hall–Kier alpha value is -2.64. The van der Waals surface area contributed by atoms with Gasteiger partial charge in [0, 0.05) is 18.9 Å². The number of carbonyl (C=O) groups is 1. The third kappa shape index (κ3) is 6.02. The van der Waals surface area contributed by atoms with Crippen molar-refractivity contribution >= 4 is 28.9 Å². The topological polar surface area (TPSA) is 68.8 Å². The summed E-state index contributed by atoms with van der Waals surface area (Å²) in [7, 11) is 1.59. The van der Waals surface area contributed by atoms with Crippen molar-refractivity contribution in [2.45, 2.75) is 6.92 Å². The number of anilines is 1. The molecule has 0 spiro atoms. The molecule has 0 aliphatic carbocycles. The molecule has 0 fully saturated rings. The fraction of sp³-hybridized carbons (Fsp3) is 0.263. The summed E-state index contributed by atoms with van der Waals surface area (Å²) < 4.78 is 16.0. The van der Waals surface area contributed by atoms with Crippen LogP contribution in [-0.2, 0) is 4.74 Å². The van der Waals surface area contributed by atoms with E-state index in [0.717, 1.165) is 11.4 Å². The number of hydrogen-bond acceptors (Lipinski definition) is 5. The highest BCUT2D eigenvalue weighted by Gasteiger charge is 2.13. The van der Waals surface area contributed by atoms with Crippen molar-refractivity contribution in [1.29, 1.82) is 0 Å². The summed E-state index contributed by atoms with van der Waals surface area (Å²) in [6.07, 6.45) is 0. The van der Waals surface area contributed by atoms with Crippen molar-refractivity contribution < 1.29 is 19.0 Å². The van der Waals surface area contributed by atoms with Gasteiger partial charge in [-0.2, -0.15) is 0 Å². The lowest BCUT2D eigenvalue weighted by Gasteiger charge is -2.13. The number of benzene rings is 2. The normalized spacial score (nSPS) is 10.1. The molecule has 1 amide bonds. The summed E-state index contributed by atoms with van der Waals surface area (Å²) in [5.41, 5.74) is 1.13. The highest BCUT2D eigenvalue weighted by atomic mass is 32.1. The molecule has 2 N–H and O–H groups in total. The molecule has 0 aliphatic rings. The van der Waals surface area contributed by atoms with E-state index in [0.29, 0.717) is 31.1 Å². The zero-order valence-corrected chi connectivity index (χ0v) is 15.6. The predicted octanol–water partition coefficient (Wildman–Crippen LogP) is 3.24. The number of ether oxygens (including phenoxy) is 3. The summed E-state index contributed by atoms with van der Waals surface area (Å²) >= 11 is 5.22. The lowest BCUT2D eigenvalue weighted by molar-refractivity contribution is 0.0970. The molecule has 2 rings (SSSR count). The average molecular weight is 374 g/mol. The minimum absolute atomic E-state index is 0.190. The molecule has 2 aromatic carbocycles. The van der Waals surface area contributed by atoms with Gasteiger partial charge in [-0.1, -0.05) is 18.2 Å². The van der Waals surface area contributed by atoms with Gasteiger partial charge in [-0.25, -0.2) is 0 Å². The molecule has 0 bridgehead atoms. The van der Waals surface area contributed by atoms with Crippen LogP contribution in [0.2, 0.25) is 0 Å². The van der Waals surface area contributed by atoms with Gasteiger partial charge in [-0.05, 0) is 43.4 Å². The Labute approximate surface area is 158 Å². The SMILES string of the molecule is CCOc1cccc(NC(=S)NC(=O)c2ccccc2OCCOC)c1. The van der Waals surface area contributed by atoms with E-state index in [1.54, 1.807) is 31.4 Å². The molecular weight excluding hydrogens is 352 g/mol. The van der Waals surface area contributed by atoms with Gasteiger partial charge in [-0.3, -0.25) is 10.1 Å². The Morgan fingerprint density at radius 3 is 2.65 bits per heavy atom. The second-order valence-corrected chi connectivity index (χ2v) is 5.61. The Kier molecular flexibility index (Phi) is 7.85. The number of amides is 1.